The predicted octanol–water partition coefficient (Wildman–Crippen LogP) is 4.27. The van der Waals surface area contributed by atoms with Gasteiger partial charge in [-0.25, -0.2) is 9.48 Å². The van der Waals surface area contributed by atoms with E-state index in [9.17, 15) is 22.8 Å². The lowest BCUT2D eigenvalue weighted by Crippen LogP contribution is -2.37. The van der Waals surface area contributed by atoms with Crippen molar-refractivity contribution in [2.45, 2.75) is 64.2 Å². The molecule has 1 amide bonds. The summed E-state index contributed by atoms with van der Waals surface area (Å²) >= 11 is 0. The summed E-state index contributed by atoms with van der Waals surface area (Å²) in [7, 11) is 1.26. The van der Waals surface area contributed by atoms with Gasteiger partial charge in [0.1, 0.15) is 17.5 Å². The quantitative estimate of drug-likeness (QED) is 0.399. The number of methoxy groups -OCH3 is 1. The lowest BCUT2D eigenvalue weighted by Gasteiger charge is -2.21. The van der Waals surface area contributed by atoms with Gasteiger partial charge in [0.25, 0.3) is 0 Å². The van der Waals surface area contributed by atoms with E-state index in [1.807, 2.05) is 24.3 Å². The summed E-state index contributed by atoms with van der Waals surface area (Å²) in [5.74, 6) is -0.984. The molecule has 9 nitrogen and oxygen atoms in total. The van der Waals surface area contributed by atoms with Gasteiger partial charge in [0.15, 0.2) is 12.1 Å². The lowest BCUT2D eigenvalue weighted by molar-refractivity contribution is -0.153. The second-order valence-electron chi connectivity index (χ2n) is 10.6. The fourth-order valence-electron chi connectivity index (χ4n) is 3.66. The number of halogens is 3. The van der Waals surface area contributed by atoms with Crippen LogP contribution in [-0.4, -0.2) is 51.7 Å². The third-order valence-corrected chi connectivity index (χ3v) is 6.01. The van der Waals surface area contributed by atoms with Gasteiger partial charge in [-0.2, -0.15) is 13.2 Å². The van der Waals surface area contributed by atoms with Crippen molar-refractivity contribution in [2.75, 3.05) is 13.7 Å². The smallest absolute Gasteiger partial charge is 0.422 e. The third kappa shape index (κ3) is 7.78. The van der Waals surface area contributed by atoms with E-state index in [-0.39, 0.29) is 34.9 Å². The largest absolute Gasteiger partial charge is 0.483 e. The van der Waals surface area contributed by atoms with E-state index in [2.05, 4.69) is 41.4 Å². The highest BCUT2D eigenvalue weighted by Crippen LogP contribution is 2.25. The zero-order valence-electron chi connectivity index (χ0n) is 22.7. The number of amides is 1. The summed E-state index contributed by atoms with van der Waals surface area (Å²) in [5.41, 5.74) is 1.25. The van der Waals surface area contributed by atoms with Crippen molar-refractivity contribution in [1.82, 2.24) is 25.3 Å². The molecular weight excluding hydrogens is 515 g/mol. The van der Waals surface area contributed by atoms with Crippen molar-refractivity contribution in [2.24, 2.45) is 0 Å². The second-order valence-corrected chi connectivity index (χ2v) is 10.6. The number of rotatable bonds is 9. The Hall–Kier alpha value is -3.96. The number of carbonyl (C=O) groups is 2. The minimum atomic E-state index is -4.49. The molecule has 1 N–H and O–H groups in total. The van der Waals surface area contributed by atoms with Crippen LogP contribution in [0.2, 0.25) is 0 Å². The first-order valence-corrected chi connectivity index (χ1v) is 12.2. The fraction of sp³-hybridized carbons (Fsp3) is 0.444. The summed E-state index contributed by atoms with van der Waals surface area (Å²) in [6.07, 6.45) is -1.81. The number of esters is 1. The first-order chi connectivity index (χ1) is 18.1. The summed E-state index contributed by atoms with van der Waals surface area (Å²) < 4.78 is 48.4. The van der Waals surface area contributed by atoms with E-state index in [4.69, 9.17) is 9.47 Å². The molecule has 0 aliphatic rings. The Morgan fingerprint density at radius 2 is 1.67 bits per heavy atom. The highest BCUT2D eigenvalue weighted by molar-refractivity contribution is 5.79. The van der Waals surface area contributed by atoms with Gasteiger partial charge < -0.3 is 14.8 Å². The van der Waals surface area contributed by atoms with Gasteiger partial charge in [-0.1, -0.05) is 50.3 Å². The summed E-state index contributed by atoms with van der Waals surface area (Å²) in [6.45, 7) is 8.02. The molecule has 3 aromatic rings. The maximum Gasteiger partial charge on any atom is 0.422 e. The zero-order chi connectivity index (χ0) is 29.0. The predicted molar refractivity (Wildman–Crippen MR) is 136 cm³/mol. The number of pyridine rings is 1. The molecular formula is C27H32F3N5O4. The Labute approximate surface area is 224 Å². The van der Waals surface area contributed by atoms with Crippen molar-refractivity contribution in [1.29, 1.82) is 0 Å². The molecule has 12 heteroatoms. The molecule has 210 valence electrons. The number of carbonyl (C=O) groups excluding carboxylic acids is 2. The van der Waals surface area contributed by atoms with Crippen LogP contribution in [0, 0.1) is 0 Å². The molecule has 2 heterocycles. The molecule has 0 aliphatic heterocycles. The number of aromatic nitrogens is 4. The number of alkyl halides is 3. The third-order valence-electron chi connectivity index (χ3n) is 6.01. The van der Waals surface area contributed by atoms with Crippen LogP contribution in [0.1, 0.15) is 63.2 Å². The monoisotopic (exact) mass is 547 g/mol. The molecule has 1 aromatic carbocycles. The number of hydrogen-bond donors (Lipinski definition) is 1. The minimum absolute atomic E-state index is 0.0304. The van der Waals surface area contributed by atoms with Crippen molar-refractivity contribution in [3.05, 3.63) is 71.3 Å². The topological polar surface area (TPSA) is 108 Å². The lowest BCUT2D eigenvalue weighted by atomic mass is 9.86. The minimum Gasteiger partial charge on any atom is -0.483 e. The Kier molecular flexibility index (Phi) is 8.67. The van der Waals surface area contributed by atoms with Crippen LogP contribution >= 0.6 is 0 Å². The summed E-state index contributed by atoms with van der Waals surface area (Å²) in [5, 5.41) is 11.0. The normalized spacial score (nSPS) is 13.1. The van der Waals surface area contributed by atoms with Gasteiger partial charge in [-0.15, -0.1) is 5.10 Å². The Morgan fingerprint density at radius 3 is 2.21 bits per heavy atom. The number of hydrogen-bond acceptors (Lipinski definition) is 7. The van der Waals surface area contributed by atoms with E-state index < -0.39 is 30.3 Å². The molecule has 0 bridgehead atoms. The van der Waals surface area contributed by atoms with Gasteiger partial charge in [0.05, 0.1) is 31.6 Å². The highest BCUT2D eigenvalue weighted by Gasteiger charge is 2.34. The van der Waals surface area contributed by atoms with Crippen LogP contribution in [0.15, 0.2) is 48.8 Å². The average molecular weight is 548 g/mol. The number of ether oxygens (including phenoxy) is 2. The highest BCUT2D eigenvalue weighted by atomic mass is 19.4. The first-order valence-electron chi connectivity index (χ1n) is 12.2. The molecule has 0 fully saturated rings. The van der Waals surface area contributed by atoms with Crippen LogP contribution in [-0.2, 0) is 31.7 Å². The van der Waals surface area contributed by atoms with Gasteiger partial charge in [-0.05, 0) is 42.5 Å². The van der Waals surface area contributed by atoms with E-state index in [0.29, 0.717) is 0 Å². The summed E-state index contributed by atoms with van der Waals surface area (Å²) in [6, 6.07) is 9.56. The zero-order valence-corrected chi connectivity index (χ0v) is 22.7. The maximum absolute atomic E-state index is 13.1. The van der Waals surface area contributed by atoms with Crippen molar-refractivity contribution >= 4 is 11.9 Å². The molecule has 3 rings (SSSR count). The standard InChI is InChI=1S/C27H32F3N5O4/c1-25(2,3)18-9-7-17(8-10-18)13-22(36)32-23(20-12-11-19(14-31-20)39-16-27(28,29)30)21-15-35(34-33-21)26(4,5)24(37)38-6/h7-12,14-15,23H,13,16H2,1-6H3,(H,32,36). The van der Waals surface area contributed by atoms with Gasteiger partial charge in [0.2, 0.25) is 5.91 Å². The van der Waals surface area contributed by atoms with Crippen LogP contribution < -0.4 is 10.1 Å². The second kappa shape index (κ2) is 11.4. The molecule has 0 aliphatic carbocycles. The van der Waals surface area contributed by atoms with Crippen molar-refractivity contribution in [3.8, 4) is 5.75 Å². The van der Waals surface area contributed by atoms with E-state index in [1.165, 1.54) is 30.1 Å². The molecule has 1 atom stereocenters. The van der Waals surface area contributed by atoms with Gasteiger partial charge >= 0.3 is 12.1 Å². The Bertz CT molecular complexity index is 1280. The van der Waals surface area contributed by atoms with Crippen molar-refractivity contribution < 1.29 is 32.2 Å². The number of nitrogens with zero attached hydrogens (tertiary/aromatic N) is 4. The van der Waals surface area contributed by atoms with Crippen molar-refractivity contribution in [3.63, 3.8) is 0 Å². The summed E-state index contributed by atoms with van der Waals surface area (Å²) in [4.78, 5) is 29.5. The van der Waals surface area contributed by atoms with E-state index in [1.54, 1.807) is 13.8 Å². The van der Waals surface area contributed by atoms with E-state index >= 15 is 0 Å². The molecule has 1 unspecified atom stereocenters. The molecule has 0 spiro atoms. The van der Waals surface area contributed by atoms with Crippen LogP contribution in [0.3, 0.4) is 0 Å². The Morgan fingerprint density at radius 1 is 1.00 bits per heavy atom. The molecule has 0 radical (unpaired) electrons. The van der Waals surface area contributed by atoms with Crippen LogP contribution in [0.25, 0.3) is 0 Å². The van der Waals surface area contributed by atoms with Gasteiger partial charge in [-0.3, -0.25) is 9.78 Å². The first kappa shape index (κ1) is 29.6. The molecule has 2 aromatic heterocycles. The molecule has 0 saturated carbocycles. The SMILES string of the molecule is COC(=O)C(C)(C)n1cc(C(NC(=O)Cc2ccc(C(C)(C)C)cc2)c2ccc(OCC(F)(F)F)cn2)nn1. The van der Waals surface area contributed by atoms with Crippen LogP contribution in [0.5, 0.6) is 5.75 Å². The molecule has 0 saturated heterocycles. The Balaban J connectivity index is 1.87. The van der Waals surface area contributed by atoms with Crippen LogP contribution in [0.4, 0.5) is 13.2 Å². The van der Waals surface area contributed by atoms with Gasteiger partial charge in [0, 0.05) is 0 Å². The molecule has 39 heavy (non-hydrogen) atoms. The number of nitrogens with one attached hydrogen (secondary N) is 1. The fourth-order valence-corrected chi connectivity index (χ4v) is 3.66. The number of benzene rings is 1. The van der Waals surface area contributed by atoms with E-state index in [0.717, 1.165) is 17.3 Å². The average Bonchev–Trinajstić information content (AvgIpc) is 3.36. The maximum atomic E-state index is 13.1.